The van der Waals surface area contributed by atoms with Gasteiger partial charge in [0.05, 0.1) is 17.3 Å². The first-order valence-corrected chi connectivity index (χ1v) is 9.85. The van der Waals surface area contributed by atoms with Crippen molar-refractivity contribution in [2.45, 2.75) is 44.6 Å². The maximum absolute atomic E-state index is 14.4. The van der Waals surface area contributed by atoms with Crippen LogP contribution in [0.3, 0.4) is 0 Å². The third-order valence-electron chi connectivity index (χ3n) is 6.95. The Bertz CT molecular complexity index is 913. The summed E-state index contributed by atoms with van der Waals surface area (Å²) >= 11 is 0. The zero-order chi connectivity index (χ0) is 19.0. The number of carbonyl (C=O) groups excluding carboxylic acids is 1. The number of aryl methyl sites for hydroxylation is 1. The number of nitrogens with zero attached hydrogens (tertiary/aromatic N) is 3. The highest BCUT2D eigenvalue weighted by molar-refractivity contribution is 5.81. The van der Waals surface area contributed by atoms with E-state index >= 15 is 0 Å². The summed E-state index contributed by atoms with van der Waals surface area (Å²) < 4.78 is 16.2. The standard InChI is InChI=1S/C21H26FN3O2/c1-20(27)8-16(9-20)19(26)25-11-21(12-25)6-13(7-21)3-14-5-18-15(4-17(14)22)10-23-24(18)2/h4-5,10,13,16,27H,3,6-9,11-12H2,1-2H3/t16-,20+. The van der Waals surface area contributed by atoms with Crippen LogP contribution in [-0.2, 0) is 18.3 Å². The third-order valence-corrected chi connectivity index (χ3v) is 6.95. The van der Waals surface area contributed by atoms with Crippen molar-refractivity contribution in [1.82, 2.24) is 14.7 Å². The lowest BCUT2D eigenvalue weighted by atomic mass is 9.56. The SMILES string of the molecule is Cn1ncc2cc(F)c(CC3CC4(C3)CN(C(=O)[C@H]3C[C@@](C)(O)C3)C4)cc21. The van der Waals surface area contributed by atoms with Crippen molar-refractivity contribution >= 4 is 16.8 Å². The maximum Gasteiger partial charge on any atom is 0.225 e. The van der Waals surface area contributed by atoms with Crippen molar-refractivity contribution in [2.24, 2.45) is 24.3 Å². The fourth-order valence-corrected chi connectivity index (χ4v) is 5.60. The van der Waals surface area contributed by atoms with Gasteiger partial charge >= 0.3 is 0 Å². The van der Waals surface area contributed by atoms with Crippen LogP contribution in [0.4, 0.5) is 4.39 Å². The van der Waals surface area contributed by atoms with E-state index in [0.717, 1.165) is 48.8 Å². The molecular formula is C21H26FN3O2. The molecule has 144 valence electrons. The molecule has 1 aromatic heterocycles. The zero-order valence-electron chi connectivity index (χ0n) is 15.9. The second-order valence-electron chi connectivity index (χ2n) is 9.55. The number of hydrogen-bond donors (Lipinski definition) is 1. The number of rotatable bonds is 3. The molecule has 5 nitrogen and oxygen atoms in total. The highest BCUT2D eigenvalue weighted by Gasteiger charge is 2.55. The van der Waals surface area contributed by atoms with Crippen LogP contribution in [0.15, 0.2) is 18.3 Å². The Labute approximate surface area is 158 Å². The van der Waals surface area contributed by atoms with Gasteiger partial charge in [-0.2, -0.15) is 5.10 Å². The van der Waals surface area contributed by atoms with Crippen molar-refractivity contribution in [3.05, 3.63) is 29.7 Å². The topological polar surface area (TPSA) is 58.4 Å². The van der Waals surface area contributed by atoms with Gasteiger partial charge in [-0.15, -0.1) is 0 Å². The van der Waals surface area contributed by atoms with Gasteiger partial charge in [-0.05, 0) is 62.6 Å². The second-order valence-corrected chi connectivity index (χ2v) is 9.55. The van der Waals surface area contributed by atoms with E-state index in [1.807, 2.05) is 18.0 Å². The molecule has 3 fully saturated rings. The fraction of sp³-hybridized carbons (Fsp3) is 0.619. The number of amides is 1. The van der Waals surface area contributed by atoms with Crippen LogP contribution in [0, 0.1) is 23.1 Å². The summed E-state index contributed by atoms with van der Waals surface area (Å²) in [6.07, 6.45) is 5.78. The lowest BCUT2D eigenvalue weighted by Gasteiger charge is -2.60. The molecule has 2 heterocycles. The molecule has 3 aliphatic rings. The summed E-state index contributed by atoms with van der Waals surface area (Å²) in [6, 6.07) is 3.52. The number of aromatic nitrogens is 2. The summed E-state index contributed by atoms with van der Waals surface area (Å²) in [4.78, 5) is 14.4. The smallest absolute Gasteiger partial charge is 0.225 e. The molecule has 0 bridgehead atoms. The summed E-state index contributed by atoms with van der Waals surface area (Å²) in [5.41, 5.74) is 1.36. The normalized spacial score (nSPS) is 29.5. The van der Waals surface area contributed by atoms with E-state index in [1.54, 1.807) is 23.9 Å². The number of benzene rings is 1. The molecule has 27 heavy (non-hydrogen) atoms. The molecule has 5 rings (SSSR count). The van der Waals surface area contributed by atoms with E-state index in [0.29, 0.717) is 18.8 Å². The predicted octanol–water partition coefficient (Wildman–Crippen LogP) is 2.65. The molecule has 0 atom stereocenters. The summed E-state index contributed by atoms with van der Waals surface area (Å²) in [5.74, 6) is 0.571. The van der Waals surface area contributed by atoms with Crippen molar-refractivity contribution in [2.75, 3.05) is 13.1 Å². The number of fused-ring (bicyclic) bond motifs is 1. The van der Waals surface area contributed by atoms with E-state index in [9.17, 15) is 14.3 Å². The number of carbonyl (C=O) groups is 1. The van der Waals surface area contributed by atoms with Crippen molar-refractivity contribution in [3.8, 4) is 0 Å². The number of halogens is 1. The van der Waals surface area contributed by atoms with E-state index in [-0.39, 0.29) is 23.1 Å². The Morgan fingerprint density at radius 3 is 2.67 bits per heavy atom. The fourth-order valence-electron chi connectivity index (χ4n) is 5.60. The molecule has 2 aliphatic carbocycles. The minimum Gasteiger partial charge on any atom is -0.390 e. The minimum atomic E-state index is -0.649. The number of aliphatic hydroxyl groups is 1. The number of likely N-dealkylation sites (tertiary alicyclic amines) is 1. The van der Waals surface area contributed by atoms with Crippen LogP contribution in [0.25, 0.3) is 10.9 Å². The van der Waals surface area contributed by atoms with Crippen LogP contribution in [-0.4, -0.2) is 44.4 Å². The quantitative estimate of drug-likeness (QED) is 0.902. The summed E-state index contributed by atoms with van der Waals surface area (Å²) in [6.45, 7) is 3.47. The molecule has 0 radical (unpaired) electrons. The minimum absolute atomic E-state index is 0.00735. The van der Waals surface area contributed by atoms with Crippen LogP contribution < -0.4 is 0 Å². The Balaban J connectivity index is 1.16. The van der Waals surface area contributed by atoms with E-state index in [1.165, 1.54) is 0 Å². The molecule has 1 saturated heterocycles. The molecule has 2 aromatic rings. The van der Waals surface area contributed by atoms with Crippen molar-refractivity contribution < 1.29 is 14.3 Å². The lowest BCUT2D eigenvalue weighted by molar-refractivity contribution is -0.171. The van der Waals surface area contributed by atoms with Crippen molar-refractivity contribution in [3.63, 3.8) is 0 Å². The molecule has 1 N–H and O–H groups in total. The van der Waals surface area contributed by atoms with Gasteiger partial charge in [-0.25, -0.2) is 4.39 Å². The van der Waals surface area contributed by atoms with Gasteiger partial charge in [0.1, 0.15) is 5.82 Å². The van der Waals surface area contributed by atoms with E-state index in [2.05, 4.69) is 5.10 Å². The van der Waals surface area contributed by atoms with E-state index in [4.69, 9.17) is 0 Å². The highest BCUT2D eigenvalue weighted by Crippen LogP contribution is 2.54. The summed E-state index contributed by atoms with van der Waals surface area (Å²) in [7, 11) is 1.88. The zero-order valence-corrected chi connectivity index (χ0v) is 15.9. The first-order valence-electron chi connectivity index (χ1n) is 9.85. The van der Waals surface area contributed by atoms with Gasteiger partial charge in [-0.1, -0.05) is 0 Å². The Morgan fingerprint density at radius 1 is 1.30 bits per heavy atom. The van der Waals surface area contributed by atoms with Gasteiger partial charge in [-0.3, -0.25) is 9.48 Å². The van der Waals surface area contributed by atoms with Crippen LogP contribution in [0.2, 0.25) is 0 Å². The van der Waals surface area contributed by atoms with Gasteiger partial charge in [0.2, 0.25) is 5.91 Å². The Hall–Kier alpha value is -1.95. The van der Waals surface area contributed by atoms with E-state index < -0.39 is 5.60 Å². The molecular weight excluding hydrogens is 345 g/mol. The molecule has 2 saturated carbocycles. The monoisotopic (exact) mass is 371 g/mol. The summed E-state index contributed by atoms with van der Waals surface area (Å²) in [5, 5.41) is 14.9. The molecule has 1 spiro atoms. The first-order chi connectivity index (χ1) is 12.7. The van der Waals surface area contributed by atoms with Crippen molar-refractivity contribution in [1.29, 1.82) is 0 Å². The first kappa shape index (κ1) is 17.2. The van der Waals surface area contributed by atoms with Crippen LogP contribution in [0.5, 0.6) is 0 Å². The van der Waals surface area contributed by atoms with Gasteiger partial charge in [0.25, 0.3) is 0 Å². The maximum atomic E-state index is 14.4. The third kappa shape index (κ3) is 2.76. The average molecular weight is 371 g/mol. The molecule has 1 amide bonds. The van der Waals surface area contributed by atoms with Crippen LogP contribution in [0.1, 0.15) is 38.2 Å². The average Bonchev–Trinajstić information content (AvgIpc) is 2.85. The van der Waals surface area contributed by atoms with Gasteiger partial charge in [0.15, 0.2) is 0 Å². The molecule has 0 unspecified atom stereocenters. The number of hydrogen-bond acceptors (Lipinski definition) is 3. The van der Waals surface area contributed by atoms with Gasteiger partial charge in [0, 0.05) is 36.9 Å². The molecule has 6 heteroatoms. The molecule has 1 aliphatic heterocycles. The largest absolute Gasteiger partial charge is 0.390 e. The molecule has 1 aromatic carbocycles. The Morgan fingerprint density at radius 2 is 2.00 bits per heavy atom. The highest BCUT2D eigenvalue weighted by atomic mass is 19.1. The van der Waals surface area contributed by atoms with Crippen LogP contribution >= 0.6 is 0 Å². The Kier molecular flexibility index (Phi) is 3.52. The second kappa shape index (κ2) is 5.53. The van der Waals surface area contributed by atoms with Gasteiger partial charge < -0.3 is 10.0 Å². The predicted molar refractivity (Wildman–Crippen MR) is 99.5 cm³/mol. The lowest BCUT2D eigenvalue weighted by Crippen LogP contribution is -2.66.